The highest BCUT2D eigenvalue weighted by Gasteiger charge is 2.14. The van der Waals surface area contributed by atoms with E-state index in [1.54, 1.807) is 0 Å². The van der Waals surface area contributed by atoms with E-state index in [9.17, 15) is 0 Å². The molecule has 2 heteroatoms. The summed E-state index contributed by atoms with van der Waals surface area (Å²) >= 11 is 3.45. The Labute approximate surface area is 140 Å². The maximum absolute atomic E-state index is 6.01. The molecule has 22 heavy (non-hydrogen) atoms. The Bertz CT molecular complexity index is 759. The van der Waals surface area contributed by atoms with E-state index in [1.165, 1.54) is 5.56 Å². The highest BCUT2D eigenvalue weighted by molar-refractivity contribution is 9.10. The van der Waals surface area contributed by atoms with Gasteiger partial charge in [0.2, 0.25) is 0 Å². The Morgan fingerprint density at radius 1 is 0.682 bits per heavy atom. The van der Waals surface area contributed by atoms with E-state index in [-0.39, 0.29) is 5.41 Å². The molecule has 1 nitrogen and oxygen atoms in total. The SMILES string of the molecule is CC(C)(C)c1ccc(-c2ccc(-c3ccc(Br)cc3)o2)cc1. The van der Waals surface area contributed by atoms with Crippen LogP contribution in [0.5, 0.6) is 0 Å². The summed E-state index contributed by atoms with van der Waals surface area (Å²) < 4.78 is 7.08. The van der Waals surface area contributed by atoms with Crippen molar-refractivity contribution in [3.8, 4) is 22.6 Å². The number of halogens is 1. The third kappa shape index (κ3) is 3.17. The molecule has 3 aromatic rings. The number of hydrogen-bond donors (Lipinski definition) is 0. The van der Waals surface area contributed by atoms with Gasteiger partial charge < -0.3 is 4.42 Å². The van der Waals surface area contributed by atoms with Gasteiger partial charge in [0, 0.05) is 15.6 Å². The van der Waals surface area contributed by atoms with Crippen LogP contribution < -0.4 is 0 Å². The summed E-state index contributed by atoms with van der Waals surface area (Å²) in [7, 11) is 0. The summed E-state index contributed by atoms with van der Waals surface area (Å²) in [5.74, 6) is 1.79. The zero-order chi connectivity index (χ0) is 15.7. The first-order chi connectivity index (χ1) is 10.4. The summed E-state index contributed by atoms with van der Waals surface area (Å²) in [5, 5.41) is 0. The minimum absolute atomic E-state index is 0.171. The molecule has 0 saturated carbocycles. The molecule has 0 N–H and O–H groups in total. The van der Waals surface area contributed by atoms with Crippen molar-refractivity contribution in [3.05, 3.63) is 70.7 Å². The molecule has 1 aromatic heterocycles. The number of hydrogen-bond acceptors (Lipinski definition) is 1. The fraction of sp³-hybridized carbons (Fsp3) is 0.200. The van der Waals surface area contributed by atoms with Crippen molar-refractivity contribution in [2.24, 2.45) is 0 Å². The molecule has 1 heterocycles. The largest absolute Gasteiger partial charge is 0.456 e. The van der Waals surface area contributed by atoms with Gasteiger partial charge in [-0.25, -0.2) is 0 Å². The summed E-state index contributed by atoms with van der Waals surface area (Å²) in [5.41, 5.74) is 3.69. The average molecular weight is 355 g/mol. The van der Waals surface area contributed by atoms with Gasteiger partial charge in [-0.1, -0.05) is 73.1 Å². The maximum atomic E-state index is 6.01. The molecule has 0 radical (unpaired) electrons. The predicted molar refractivity (Wildman–Crippen MR) is 96.0 cm³/mol. The van der Waals surface area contributed by atoms with E-state index in [1.807, 2.05) is 24.3 Å². The quantitative estimate of drug-likeness (QED) is 0.500. The fourth-order valence-electron chi connectivity index (χ4n) is 2.40. The third-order valence-corrected chi connectivity index (χ3v) is 4.30. The Kier molecular flexibility index (Phi) is 3.96. The zero-order valence-electron chi connectivity index (χ0n) is 13.1. The molecule has 112 valence electrons. The molecule has 0 aliphatic heterocycles. The number of benzene rings is 2. The van der Waals surface area contributed by atoms with Gasteiger partial charge in [-0.2, -0.15) is 0 Å². The Hall–Kier alpha value is -1.80. The van der Waals surface area contributed by atoms with Crippen LogP contribution in [0, 0.1) is 0 Å². The van der Waals surface area contributed by atoms with Gasteiger partial charge in [0.15, 0.2) is 0 Å². The van der Waals surface area contributed by atoms with Crippen LogP contribution in [0.25, 0.3) is 22.6 Å². The first kappa shape index (κ1) is 15.1. The molecular weight excluding hydrogens is 336 g/mol. The highest BCUT2D eigenvalue weighted by atomic mass is 79.9. The molecule has 0 aliphatic carbocycles. The van der Waals surface area contributed by atoms with Crippen LogP contribution >= 0.6 is 15.9 Å². The van der Waals surface area contributed by atoms with Gasteiger partial charge in [0.1, 0.15) is 11.5 Å². The van der Waals surface area contributed by atoms with Gasteiger partial charge in [-0.15, -0.1) is 0 Å². The highest BCUT2D eigenvalue weighted by Crippen LogP contribution is 2.31. The summed E-state index contributed by atoms with van der Waals surface area (Å²) in [4.78, 5) is 0. The average Bonchev–Trinajstić information content (AvgIpc) is 2.97. The molecule has 0 aliphatic rings. The Balaban J connectivity index is 1.89. The van der Waals surface area contributed by atoms with Gasteiger partial charge in [-0.3, -0.25) is 0 Å². The lowest BCUT2D eigenvalue weighted by molar-refractivity contribution is 0.588. The van der Waals surface area contributed by atoms with Gasteiger partial charge in [-0.05, 0) is 35.2 Å². The zero-order valence-corrected chi connectivity index (χ0v) is 14.6. The van der Waals surface area contributed by atoms with Gasteiger partial charge in [0.25, 0.3) is 0 Å². The fourth-order valence-corrected chi connectivity index (χ4v) is 2.66. The second-order valence-corrected chi connectivity index (χ2v) is 7.41. The predicted octanol–water partition coefficient (Wildman–Crippen LogP) is 6.67. The van der Waals surface area contributed by atoms with E-state index >= 15 is 0 Å². The van der Waals surface area contributed by atoms with E-state index in [0.29, 0.717) is 0 Å². The molecule has 0 fully saturated rings. The second-order valence-electron chi connectivity index (χ2n) is 6.50. The molecule has 3 rings (SSSR count). The summed E-state index contributed by atoms with van der Waals surface area (Å²) in [6, 6.07) is 20.8. The van der Waals surface area contributed by atoms with Crippen LogP contribution in [-0.2, 0) is 5.41 Å². The number of furan rings is 1. The lowest BCUT2D eigenvalue weighted by atomic mass is 9.86. The smallest absolute Gasteiger partial charge is 0.134 e. The van der Waals surface area contributed by atoms with Crippen LogP contribution in [0.4, 0.5) is 0 Å². The third-order valence-electron chi connectivity index (χ3n) is 3.77. The standard InChI is InChI=1S/C20H19BrO/c1-20(2,3)16-8-4-14(5-9-16)18-12-13-19(22-18)15-6-10-17(21)11-7-15/h4-13H,1-3H3. The lowest BCUT2D eigenvalue weighted by Crippen LogP contribution is -2.10. The molecule has 0 amide bonds. The Morgan fingerprint density at radius 2 is 1.14 bits per heavy atom. The van der Waals surface area contributed by atoms with Crippen molar-refractivity contribution in [1.82, 2.24) is 0 Å². The maximum Gasteiger partial charge on any atom is 0.134 e. The monoisotopic (exact) mass is 354 g/mol. The summed E-state index contributed by atoms with van der Waals surface area (Å²) in [6.45, 7) is 6.67. The van der Waals surface area contributed by atoms with Crippen LogP contribution in [0.1, 0.15) is 26.3 Å². The van der Waals surface area contributed by atoms with Crippen molar-refractivity contribution in [1.29, 1.82) is 0 Å². The van der Waals surface area contributed by atoms with Crippen LogP contribution in [0.3, 0.4) is 0 Å². The molecular formula is C20H19BrO. The van der Waals surface area contributed by atoms with Crippen molar-refractivity contribution in [2.75, 3.05) is 0 Å². The molecule has 0 bridgehead atoms. The molecule has 0 unspecified atom stereocenters. The van der Waals surface area contributed by atoms with Gasteiger partial charge in [0.05, 0.1) is 0 Å². The van der Waals surface area contributed by atoms with E-state index in [0.717, 1.165) is 27.1 Å². The van der Waals surface area contributed by atoms with Crippen molar-refractivity contribution >= 4 is 15.9 Å². The van der Waals surface area contributed by atoms with E-state index in [2.05, 4.69) is 73.1 Å². The summed E-state index contributed by atoms with van der Waals surface area (Å²) in [6.07, 6.45) is 0. The first-order valence-electron chi connectivity index (χ1n) is 7.40. The van der Waals surface area contributed by atoms with Gasteiger partial charge >= 0.3 is 0 Å². The lowest BCUT2D eigenvalue weighted by Gasteiger charge is -2.18. The van der Waals surface area contributed by atoms with Crippen LogP contribution in [-0.4, -0.2) is 0 Å². The molecule has 0 atom stereocenters. The normalized spacial score (nSPS) is 11.6. The van der Waals surface area contributed by atoms with Crippen LogP contribution in [0.15, 0.2) is 69.6 Å². The molecule has 0 saturated heterocycles. The topological polar surface area (TPSA) is 13.1 Å². The molecule has 2 aromatic carbocycles. The number of rotatable bonds is 2. The second kappa shape index (κ2) is 5.77. The van der Waals surface area contributed by atoms with Crippen molar-refractivity contribution in [2.45, 2.75) is 26.2 Å². The van der Waals surface area contributed by atoms with E-state index < -0.39 is 0 Å². The van der Waals surface area contributed by atoms with Crippen LogP contribution in [0.2, 0.25) is 0 Å². The Morgan fingerprint density at radius 3 is 1.59 bits per heavy atom. The minimum Gasteiger partial charge on any atom is -0.456 e. The van der Waals surface area contributed by atoms with Crippen molar-refractivity contribution in [3.63, 3.8) is 0 Å². The van der Waals surface area contributed by atoms with E-state index in [4.69, 9.17) is 4.42 Å². The van der Waals surface area contributed by atoms with Crippen molar-refractivity contribution < 1.29 is 4.42 Å². The minimum atomic E-state index is 0.171. The first-order valence-corrected chi connectivity index (χ1v) is 8.19. The molecule has 0 spiro atoms.